The molecule has 0 aliphatic carbocycles. The third kappa shape index (κ3) is 6.38. The number of rotatable bonds is 10. The van der Waals surface area contributed by atoms with Crippen LogP contribution in [0.3, 0.4) is 0 Å². The second kappa shape index (κ2) is 12.8. The smallest absolute Gasteiger partial charge is 0.332 e. The molecule has 1 aromatic heterocycles. The summed E-state index contributed by atoms with van der Waals surface area (Å²) in [6.07, 6.45) is 0.628. The number of hydrogen-bond donors (Lipinski definition) is 1. The minimum atomic E-state index is -0.374. The lowest BCUT2D eigenvalue weighted by atomic mass is 10.1. The van der Waals surface area contributed by atoms with Crippen LogP contribution >= 0.6 is 0 Å². The Morgan fingerprint density at radius 1 is 0.767 bits per heavy atom. The first-order valence-corrected chi connectivity index (χ1v) is 14.2. The van der Waals surface area contributed by atoms with Gasteiger partial charge in [0.15, 0.2) is 11.5 Å². The number of nitrogens with zero attached hydrogens (tertiary/aromatic N) is 2. The highest BCUT2D eigenvalue weighted by atomic mass is 16.5. The van der Waals surface area contributed by atoms with Gasteiger partial charge in [-0.15, -0.1) is 0 Å². The van der Waals surface area contributed by atoms with Gasteiger partial charge in [-0.25, -0.2) is 4.79 Å². The largest absolute Gasteiger partial charge is 0.493 e. The predicted molar refractivity (Wildman–Crippen MR) is 169 cm³/mol. The number of fused-ring (bicyclic) bond motifs is 1. The summed E-state index contributed by atoms with van der Waals surface area (Å²) in [6.45, 7) is 4.94. The molecular formula is C35H35N3O5. The molecule has 5 aromatic rings. The number of hydrogen-bond acceptors (Lipinski definition) is 5. The molecule has 0 spiro atoms. The number of amides is 1. The molecule has 0 saturated carbocycles. The Balaban J connectivity index is 1.33. The zero-order valence-corrected chi connectivity index (χ0v) is 24.8. The molecule has 0 aliphatic heterocycles. The molecule has 0 unspecified atom stereocenters. The van der Waals surface area contributed by atoms with Crippen LogP contribution in [-0.4, -0.2) is 35.8 Å². The van der Waals surface area contributed by atoms with Crippen molar-refractivity contribution in [1.82, 2.24) is 14.5 Å². The number of para-hydroxylation sites is 1. The highest BCUT2D eigenvalue weighted by Gasteiger charge is 2.15. The van der Waals surface area contributed by atoms with Crippen LogP contribution in [0.1, 0.15) is 38.2 Å². The van der Waals surface area contributed by atoms with Crippen molar-refractivity contribution in [2.24, 2.45) is 0 Å². The number of aryl methyl sites for hydroxylation is 2. The van der Waals surface area contributed by atoms with Crippen molar-refractivity contribution >= 4 is 16.8 Å². The van der Waals surface area contributed by atoms with Gasteiger partial charge in [0.25, 0.3) is 11.5 Å². The summed E-state index contributed by atoms with van der Waals surface area (Å²) in [5.74, 6) is 1.09. The number of nitrogens with one attached hydrogen (secondary N) is 1. The molecule has 8 nitrogen and oxygen atoms in total. The van der Waals surface area contributed by atoms with Crippen LogP contribution in [0.4, 0.5) is 0 Å². The molecular weight excluding hydrogens is 542 g/mol. The lowest BCUT2D eigenvalue weighted by Crippen LogP contribution is -2.40. The van der Waals surface area contributed by atoms with Crippen LogP contribution < -0.4 is 26.0 Å². The standard InChI is InChI=1S/C35H35N3O5/c1-23-9-10-24(2)28(19-23)22-37-30-8-6-5-7-29(30)34(40)38(35(37)41)21-26-11-14-27(15-12-26)33(39)36-18-17-25-13-16-31(42-3)32(20-25)43-4/h5-16,19-20H,17-18,21-22H2,1-4H3,(H,36,39). The quantitative estimate of drug-likeness (QED) is 0.256. The van der Waals surface area contributed by atoms with Crippen molar-refractivity contribution in [1.29, 1.82) is 0 Å². The summed E-state index contributed by atoms with van der Waals surface area (Å²) in [7, 11) is 3.18. The van der Waals surface area contributed by atoms with E-state index in [0.717, 1.165) is 27.8 Å². The minimum Gasteiger partial charge on any atom is -0.493 e. The fraction of sp³-hybridized carbons (Fsp3) is 0.229. The van der Waals surface area contributed by atoms with E-state index >= 15 is 0 Å². The Bertz CT molecular complexity index is 1900. The Kier molecular flexibility index (Phi) is 8.76. The van der Waals surface area contributed by atoms with Crippen molar-refractivity contribution in [2.75, 3.05) is 20.8 Å². The topological polar surface area (TPSA) is 91.6 Å². The Morgan fingerprint density at radius 2 is 1.49 bits per heavy atom. The maximum absolute atomic E-state index is 13.7. The molecule has 1 N–H and O–H groups in total. The molecule has 0 atom stereocenters. The first kappa shape index (κ1) is 29.4. The van der Waals surface area contributed by atoms with Crippen molar-refractivity contribution < 1.29 is 14.3 Å². The second-order valence-corrected chi connectivity index (χ2v) is 10.6. The van der Waals surface area contributed by atoms with E-state index in [4.69, 9.17) is 9.47 Å². The van der Waals surface area contributed by atoms with Crippen molar-refractivity contribution in [3.8, 4) is 11.5 Å². The van der Waals surface area contributed by atoms with Gasteiger partial charge in [0.05, 0.1) is 38.2 Å². The third-order valence-electron chi connectivity index (χ3n) is 7.67. The third-order valence-corrected chi connectivity index (χ3v) is 7.67. The molecule has 1 amide bonds. The fourth-order valence-corrected chi connectivity index (χ4v) is 5.21. The van der Waals surface area contributed by atoms with Gasteiger partial charge in [0.1, 0.15) is 0 Å². The van der Waals surface area contributed by atoms with Crippen molar-refractivity contribution in [3.63, 3.8) is 0 Å². The van der Waals surface area contributed by atoms with Gasteiger partial charge >= 0.3 is 5.69 Å². The number of ether oxygens (including phenoxy) is 2. The Hall–Kier alpha value is -5.11. The average Bonchev–Trinajstić information content (AvgIpc) is 3.03. The predicted octanol–water partition coefficient (Wildman–Crippen LogP) is 4.87. The highest BCUT2D eigenvalue weighted by Crippen LogP contribution is 2.27. The summed E-state index contributed by atoms with van der Waals surface area (Å²) >= 11 is 0. The number of aromatic nitrogens is 2. The molecule has 5 rings (SSSR count). The SMILES string of the molecule is COc1ccc(CCNC(=O)c2ccc(Cn3c(=O)c4ccccc4n(Cc4cc(C)ccc4C)c3=O)cc2)cc1OC. The molecule has 8 heteroatoms. The number of benzene rings is 4. The summed E-state index contributed by atoms with van der Waals surface area (Å²) in [5.41, 5.74) is 5.36. The number of carbonyl (C=O) groups is 1. The van der Waals surface area contributed by atoms with Crippen LogP contribution in [0.25, 0.3) is 10.9 Å². The molecule has 0 aliphatic rings. The van der Waals surface area contributed by atoms with E-state index in [9.17, 15) is 14.4 Å². The first-order chi connectivity index (χ1) is 20.8. The maximum Gasteiger partial charge on any atom is 0.332 e. The molecule has 0 saturated heterocycles. The van der Waals surface area contributed by atoms with Crippen LogP contribution in [0, 0.1) is 13.8 Å². The van der Waals surface area contributed by atoms with E-state index in [1.54, 1.807) is 55.2 Å². The van der Waals surface area contributed by atoms with E-state index in [1.165, 1.54) is 4.57 Å². The zero-order valence-electron chi connectivity index (χ0n) is 24.8. The summed E-state index contributed by atoms with van der Waals surface area (Å²) in [4.78, 5) is 40.0. The lowest BCUT2D eigenvalue weighted by Gasteiger charge is -2.16. The van der Waals surface area contributed by atoms with E-state index in [-0.39, 0.29) is 23.7 Å². The van der Waals surface area contributed by atoms with Gasteiger partial charge < -0.3 is 14.8 Å². The maximum atomic E-state index is 13.7. The number of methoxy groups -OCH3 is 2. The summed E-state index contributed by atoms with van der Waals surface area (Å²) < 4.78 is 13.6. The molecule has 1 heterocycles. The van der Waals surface area contributed by atoms with Crippen molar-refractivity contribution in [2.45, 2.75) is 33.4 Å². The highest BCUT2D eigenvalue weighted by molar-refractivity contribution is 5.94. The van der Waals surface area contributed by atoms with Gasteiger partial charge in [-0.3, -0.25) is 18.7 Å². The van der Waals surface area contributed by atoms with Gasteiger partial charge in [-0.1, -0.05) is 54.1 Å². The number of carbonyl (C=O) groups excluding carboxylic acids is 1. The van der Waals surface area contributed by atoms with Gasteiger partial charge in [-0.05, 0) is 78.9 Å². The zero-order chi connectivity index (χ0) is 30.5. The van der Waals surface area contributed by atoms with E-state index in [1.807, 2.05) is 56.3 Å². The van der Waals surface area contributed by atoms with E-state index in [2.05, 4.69) is 11.4 Å². The molecule has 220 valence electrons. The van der Waals surface area contributed by atoms with Gasteiger partial charge in [0, 0.05) is 12.1 Å². The molecule has 4 aromatic carbocycles. The normalized spacial score (nSPS) is 11.0. The van der Waals surface area contributed by atoms with Gasteiger partial charge in [-0.2, -0.15) is 0 Å². The Morgan fingerprint density at radius 3 is 2.23 bits per heavy atom. The molecule has 43 heavy (non-hydrogen) atoms. The summed E-state index contributed by atoms with van der Waals surface area (Å²) in [6, 6.07) is 26.0. The van der Waals surface area contributed by atoms with Crippen molar-refractivity contribution in [3.05, 3.63) is 139 Å². The molecule has 0 fully saturated rings. The lowest BCUT2D eigenvalue weighted by molar-refractivity contribution is 0.0954. The second-order valence-electron chi connectivity index (χ2n) is 10.6. The average molecular weight is 578 g/mol. The van der Waals surface area contributed by atoms with Crippen LogP contribution in [-0.2, 0) is 19.5 Å². The molecule has 0 bridgehead atoms. The van der Waals surface area contributed by atoms with Gasteiger partial charge in [0.2, 0.25) is 0 Å². The first-order valence-electron chi connectivity index (χ1n) is 14.2. The summed E-state index contributed by atoms with van der Waals surface area (Å²) in [5, 5.41) is 3.42. The van der Waals surface area contributed by atoms with Crippen LogP contribution in [0.15, 0.2) is 94.5 Å². The molecule has 0 radical (unpaired) electrons. The fourth-order valence-electron chi connectivity index (χ4n) is 5.21. The van der Waals surface area contributed by atoms with Crippen LogP contribution in [0.2, 0.25) is 0 Å². The monoisotopic (exact) mass is 577 g/mol. The minimum absolute atomic E-state index is 0.0938. The van der Waals surface area contributed by atoms with E-state index in [0.29, 0.717) is 47.5 Å². The Labute approximate surface area is 250 Å². The van der Waals surface area contributed by atoms with E-state index < -0.39 is 0 Å². The van der Waals surface area contributed by atoms with Crippen LogP contribution in [0.5, 0.6) is 11.5 Å².